The molecular weight excluding hydrogens is 286 g/mol. The van der Waals surface area contributed by atoms with E-state index in [1.165, 1.54) is 18.4 Å². The van der Waals surface area contributed by atoms with Gasteiger partial charge in [0.15, 0.2) is 0 Å². The summed E-state index contributed by atoms with van der Waals surface area (Å²) in [6.07, 6.45) is 8.85. The highest BCUT2D eigenvalue weighted by molar-refractivity contribution is 5.50. The van der Waals surface area contributed by atoms with Crippen LogP contribution in [0.2, 0.25) is 0 Å². The Bertz CT molecular complexity index is 608. The molecule has 0 spiro atoms. The molecule has 1 saturated heterocycles. The van der Waals surface area contributed by atoms with Gasteiger partial charge in [0, 0.05) is 45.1 Å². The molecule has 0 N–H and O–H groups in total. The fraction of sp³-hybridized carbons (Fsp3) is 0.500. The predicted molar refractivity (Wildman–Crippen MR) is 93.9 cm³/mol. The normalized spacial score (nSPS) is 15.7. The SMILES string of the molecule is CC1CCN(c2cc(N(C)CCc3ccncc3)ncn2)CC1. The maximum absolute atomic E-state index is 4.47. The van der Waals surface area contributed by atoms with E-state index in [9.17, 15) is 0 Å². The van der Waals surface area contributed by atoms with Gasteiger partial charge in [-0.25, -0.2) is 9.97 Å². The summed E-state index contributed by atoms with van der Waals surface area (Å²) in [5.41, 5.74) is 1.30. The van der Waals surface area contributed by atoms with Crippen LogP contribution in [0, 0.1) is 5.92 Å². The second-order valence-corrected chi connectivity index (χ2v) is 6.43. The van der Waals surface area contributed by atoms with Gasteiger partial charge in [-0.3, -0.25) is 4.98 Å². The van der Waals surface area contributed by atoms with Gasteiger partial charge in [0.1, 0.15) is 18.0 Å². The van der Waals surface area contributed by atoms with E-state index in [0.717, 1.165) is 43.6 Å². The van der Waals surface area contributed by atoms with E-state index < -0.39 is 0 Å². The lowest BCUT2D eigenvalue weighted by atomic mass is 9.99. The molecule has 0 bridgehead atoms. The summed E-state index contributed by atoms with van der Waals surface area (Å²) < 4.78 is 0. The first-order valence-electron chi connectivity index (χ1n) is 8.39. The van der Waals surface area contributed by atoms with E-state index >= 15 is 0 Å². The topological polar surface area (TPSA) is 45.2 Å². The number of aromatic nitrogens is 3. The Hall–Kier alpha value is -2.17. The van der Waals surface area contributed by atoms with Crippen molar-refractivity contribution in [2.24, 2.45) is 5.92 Å². The highest BCUT2D eigenvalue weighted by atomic mass is 15.2. The van der Waals surface area contributed by atoms with Crippen LogP contribution in [0.5, 0.6) is 0 Å². The fourth-order valence-corrected chi connectivity index (χ4v) is 2.92. The minimum absolute atomic E-state index is 0.829. The van der Waals surface area contributed by atoms with Gasteiger partial charge in [-0.15, -0.1) is 0 Å². The zero-order valence-electron chi connectivity index (χ0n) is 14.0. The third-order valence-electron chi connectivity index (χ3n) is 4.62. The molecule has 3 rings (SSSR count). The van der Waals surface area contributed by atoms with Crippen molar-refractivity contribution in [2.45, 2.75) is 26.2 Å². The zero-order chi connectivity index (χ0) is 16.1. The van der Waals surface area contributed by atoms with Crippen molar-refractivity contribution < 1.29 is 0 Å². The Morgan fingerprint density at radius 3 is 2.65 bits per heavy atom. The van der Waals surface area contributed by atoms with Gasteiger partial charge in [0.05, 0.1) is 0 Å². The Balaban J connectivity index is 1.62. The number of hydrogen-bond acceptors (Lipinski definition) is 5. The molecule has 23 heavy (non-hydrogen) atoms. The minimum Gasteiger partial charge on any atom is -0.359 e. The van der Waals surface area contributed by atoms with Crippen LogP contribution in [-0.2, 0) is 6.42 Å². The average molecular weight is 311 g/mol. The first-order valence-corrected chi connectivity index (χ1v) is 8.39. The molecule has 0 amide bonds. The molecule has 0 aromatic carbocycles. The van der Waals surface area contributed by atoms with Gasteiger partial charge in [-0.05, 0) is 42.9 Å². The number of likely N-dealkylation sites (N-methyl/N-ethyl adjacent to an activating group) is 1. The third kappa shape index (κ3) is 4.18. The van der Waals surface area contributed by atoms with Crippen molar-refractivity contribution in [3.63, 3.8) is 0 Å². The lowest BCUT2D eigenvalue weighted by Gasteiger charge is -2.31. The lowest BCUT2D eigenvalue weighted by molar-refractivity contribution is 0.436. The summed E-state index contributed by atoms with van der Waals surface area (Å²) in [5, 5.41) is 0. The number of anilines is 2. The lowest BCUT2D eigenvalue weighted by Crippen LogP contribution is -2.33. The Labute approximate surface area is 138 Å². The van der Waals surface area contributed by atoms with E-state index in [4.69, 9.17) is 0 Å². The number of piperidine rings is 1. The predicted octanol–water partition coefficient (Wildman–Crippen LogP) is 2.79. The van der Waals surface area contributed by atoms with Gasteiger partial charge in [0.2, 0.25) is 0 Å². The van der Waals surface area contributed by atoms with Crippen molar-refractivity contribution in [2.75, 3.05) is 36.5 Å². The van der Waals surface area contributed by atoms with Crippen molar-refractivity contribution in [1.29, 1.82) is 0 Å². The summed E-state index contributed by atoms with van der Waals surface area (Å²) in [5.74, 6) is 2.87. The van der Waals surface area contributed by atoms with Crippen molar-refractivity contribution in [3.05, 3.63) is 42.5 Å². The van der Waals surface area contributed by atoms with Crippen LogP contribution in [0.3, 0.4) is 0 Å². The second kappa shape index (κ2) is 7.40. The molecule has 122 valence electrons. The zero-order valence-corrected chi connectivity index (χ0v) is 14.0. The highest BCUT2D eigenvalue weighted by Crippen LogP contribution is 2.23. The molecule has 1 aliphatic rings. The van der Waals surface area contributed by atoms with Crippen molar-refractivity contribution in [1.82, 2.24) is 15.0 Å². The van der Waals surface area contributed by atoms with Crippen LogP contribution in [0.1, 0.15) is 25.3 Å². The largest absolute Gasteiger partial charge is 0.359 e. The molecule has 0 aliphatic carbocycles. The standard InChI is InChI=1S/C18H25N5/c1-15-5-11-23(12-6-15)18-13-17(20-14-21-18)22(2)10-7-16-3-8-19-9-4-16/h3-4,8-9,13-15H,5-7,10-12H2,1-2H3. The van der Waals surface area contributed by atoms with E-state index in [2.05, 4.69) is 56.9 Å². The molecule has 1 fully saturated rings. The van der Waals surface area contributed by atoms with Gasteiger partial charge < -0.3 is 9.80 Å². The summed E-state index contributed by atoms with van der Waals surface area (Å²) in [6, 6.07) is 6.24. The quantitative estimate of drug-likeness (QED) is 0.849. The van der Waals surface area contributed by atoms with Crippen LogP contribution in [-0.4, -0.2) is 41.6 Å². The fourth-order valence-electron chi connectivity index (χ4n) is 2.92. The smallest absolute Gasteiger partial charge is 0.134 e. The first kappa shape index (κ1) is 15.7. The molecule has 0 saturated carbocycles. The van der Waals surface area contributed by atoms with Crippen LogP contribution in [0.15, 0.2) is 36.9 Å². The monoisotopic (exact) mass is 311 g/mol. The first-order chi connectivity index (χ1) is 11.2. The van der Waals surface area contributed by atoms with E-state index in [0.29, 0.717) is 0 Å². The van der Waals surface area contributed by atoms with Crippen molar-refractivity contribution >= 4 is 11.6 Å². The molecule has 0 radical (unpaired) electrons. The maximum atomic E-state index is 4.47. The molecule has 0 unspecified atom stereocenters. The molecule has 5 heteroatoms. The molecule has 2 aromatic rings. The van der Waals surface area contributed by atoms with Gasteiger partial charge in [-0.1, -0.05) is 6.92 Å². The number of hydrogen-bond donors (Lipinski definition) is 0. The van der Waals surface area contributed by atoms with Crippen LogP contribution < -0.4 is 9.80 Å². The molecule has 0 atom stereocenters. The van der Waals surface area contributed by atoms with Crippen LogP contribution in [0.25, 0.3) is 0 Å². The van der Waals surface area contributed by atoms with Crippen molar-refractivity contribution in [3.8, 4) is 0 Å². The average Bonchev–Trinajstić information content (AvgIpc) is 2.61. The molecule has 3 heterocycles. The molecule has 5 nitrogen and oxygen atoms in total. The Morgan fingerprint density at radius 2 is 1.91 bits per heavy atom. The summed E-state index contributed by atoms with van der Waals surface area (Å²) in [7, 11) is 2.09. The summed E-state index contributed by atoms with van der Waals surface area (Å²) >= 11 is 0. The van der Waals surface area contributed by atoms with Crippen LogP contribution in [0.4, 0.5) is 11.6 Å². The summed E-state index contributed by atoms with van der Waals surface area (Å²) in [6.45, 7) is 5.45. The van der Waals surface area contributed by atoms with Gasteiger partial charge >= 0.3 is 0 Å². The van der Waals surface area contributed by atoms with Crippen LogP contribution >= 0.6 is 0 Å². The van der Waals surface area contributed by atoms with E-state index in [1.54, 1.807) is 6.33 Å². The Kier molecular flexibility index (Phi) is 5.05. The second-order valence-electron chi connectivity index (χ2n) is 6.43. The minimum atomic E-state index is 0.829. The third-order valence-corrected chi connectivity index (χ3v) is 4.62. The van der Waals surface area contributed by atoms with Gasteiger partial charge in [0.25, 0.3) is 0 Å². The number of pyridine rings is 1. The Morgan fingerprint density at radius 1 is 1.17 bits per heavy atom. The van der Waals surface area contributed by atoms with E-state index in [-0.39, 0.29) is 0 Å². The number of nitrogens with zero attached hydrogens (tertiary/aromatic N) is 5. The molecule has 2 aromatic heterocycles. The highest BCUT2D eigenvalue weighted by Gasteiger charge is 2.17. The van der Waals surface area contributed by atoms with E-state index in [1.807, 2.05) is 12.4 Å². The molecular formula is C18H25N5. The number of rotatable bonds is 5. The summed E-state index contributed by atoms with van der Waals surface area (Å²) in [4.78, 5) is 17.5. The van der Waals surface area contributed by atoms with Gasteiger partial charge in [-0.2, -0.15) is 0 Å². The molecule has 1 aliphatic heterocycles. The maximum Gasteiger partial charge on any atom is 0.134 e.